The molecule has 10 heavy (non-hydrogen) atoms. The normalized spacial score (nSPS) is 14.7. The predicted octanol–water partition coefficient (Wildman–Crippen LogP) is 0.493. The van der Waals surface area contributed by atoms with Gasteiger partial charge in [0.05, 0.1) is 12.2 Å². The van der Waals surface area contributed by atoms with E-state index >= 15 is 0 Å². The first kappa shape index (κ1) is 13.1. The summed E-state index contributed by atoms with van der Waals surface area (Å²) < 4.78 is 0. The minimum atomic E-state index is -0.528. The van der Waals surface area contributed by atoms with Gasteiger partial charge in [0.25, 0.3) is 0 Å². The van der Waals surface area contributed by atoms with Crippen molar-refractivity contribution in [3.05, 3.63) is 0 Å². The van der Waals surface area contributed by atoms with Gasteiger partial charge in [0, 0.05) is 0 Å². The summed E-state index contributed by atoms with van der Waals surface area (Å²) in [6.07, 6.45) is 0.212. The van der Waals surface area contributed by atoms with Gasteiger partial charge in [-0.25, -0.2) is 0 Å². The number of hydrogen-bond acceptors (Lipinski definition) is 2. The maximum atomic E-state index is 8.88. The topological polar surface area (TPSA) is 40.5 Å². The number of aliphatic hydroxyl groups is 2. The van der Waals surface area contributed by atoms with Gasteiger partial charge in [0.15, 0.2) is 0 Å². The van der Waals surface area contributed by atoms with Crippen LogP contribution in [0.15, 0.2) is 0 Å². The molecule has 0 amide bonds. The first-order valence-electron chi connectivity index (χ1n) is 3.43. The average molecular weight is 180 g/mol. The van der Waals surface area contributed by atoms with E-state index in [1.807, 2.05) is 13.8 Å². The van der Waals surface area contributed by atoms with E-state index in [4.69, 9.17) is 10.2 Å². The molecular weight excluding hydrogens is 164 g/mol. The quantitative estimate of drug-likeness (QED) is 0.620. The van der Waals surface area contributed by atoms with E-state index in [2.05, 4.69) is 4.82 Å². The van der Waals surface area contributed by atoms with Crippen LogP contribution in [0, 0.1) is 0 Å². The first-order valence-corrected chi connectivity index (χ1v) is 4.54. The molecule has 2 atom stereocenters. The fraction of sp³-hybridized carbons (Fsp3) is 0.857. The van der Waals surface area contributed by atoms with E-state index < -0.39 is 12.2 Å². The molecule has 2 nitrogen and oxygen atoms in total. The van der Waals surface area contributed by atoms with E-state index in [-0.39, 0.29) is 0 Å². The van der Waals surface area contributed by atoms with Crippen LogP contribution in [0.3, 0.4) is 0 Å². The Morgan fingerprint density at radius 3 is 1.40 bits per heavy atom. The summed E-state index contributed by atoms with van der Waals surface area (Å²) >= 11 is 1.75. The van der Waals surface area contributed by atoms with Gasteiger partial charge in [-0.1, -0.05) is 13.8 Å². The van der Waals surface area contributed by atoms with Crippen molar-refractivity contribution in [2.45, 2.75) is 38.9 Å². The molecule has 60 valence electrons. The maximum absolute atomic E-state index is 8.88. The summed E-state index contributed by atoms with van der Waals surface area (Å²) in [7, 11) is 0. The molecule has 0 aromatic heterocycles. The van der Waals surface area contributed by atoms with Crippen molar-refractivity contribution in [2.75, 3.05) is 0 Å². The minimum absolute atomic E-state index is 0.528. The van der Waals surface area contributed by atoms with Gasteiger partial charge in [0.2, 0.25) is 0 Å². The zero-order chi connectivity index (χ0) is 8.57. The molecule has 3 heteroatoms. The molecule has 0 aliphatic rings. The molecule has 0 heterocycles. The number of aliphatic hydroxyl groups excluding tert-OH is 2. The van der Waals surface area contributed by atoms with Gasteiger partial charge >= 0.3 is 24.8 Å². The summed E-state index contributed by atoms with van der Waals surface area (Å²) in [5, 5.41) is 17.8. The van der Waals surface area contributed by atoms with Crippen LogP contribution in [0.5, 0.6) is 0 Å². The third-order valence-electron chi connectivity index (χ3n) is 1.28. The molecule has 0 aliphatic carbocycles. The SMILES string of the molecule is CC[C@H](O)[C@@H](O)CC.[CH2]=[Ti]. The molecule has 0 spiro atoms. The molecule has 0 fully saturated rings. The van der Waals surface area contributed by atoms with Gasteiger partial charge in [-0.2, -0.15) is 0 Å². The van der Waals surface area contributed by atoms with Crippen LogP contribution in [-0.4, -0.2) is 27.2 Å². The molecule has 0 aromatic carbocycles. The van der Waals surface area contributed by atoms with Crippen LogP contribution in [0.25, 0.3) is 0 Å². The molecular formula is C7H16O2Ti. The third kappa shape index (κ3) is 6.62. The van der Waals surface area contributed by atoms with Crippen molar-refractivity contribution in [1.82, 2.24) is 0 Å². The zero-order valence-electron chi connectivity index (χ0n) is 6.67. The van der Waals surface area contributed by atoms with Crippen LogP contribution >= 0.6 is 0 Å². The number of rotatable bonds is 3. The van der Waals surface area contributed by atoms with Crippen LogP contribution in [-0.2, 0) is 20.0 Å². The van der Waals surface area contributed by atoms with Crippen LogP contribution in [0.4, 0.5) is 0 Å². The van der Waals surface area contributed by atoms with Gasteiger partial charge < -0.3 is 10.2 Å². The van der Waals surface area contributed by atoms with Crippen LogP contribution in [0.2, 0.25) is 0 Å². The molecule has 2 N–H and O–H groups in total. The Morgan fingerprint density at radius 2 is 1.30 bits per heavy atom. The molecule has 0 radical (unpaired) electrons. The van der Waals surface area contributed by atoms with Crippen molar-refractivity contribution < 1.29 is 30.2 Å². The van der Waals surface area contributed by atoms with Gasteiger partial charge in [-0.3, -0.25) is 0 Å². The van der Waals surface area contributed by atoms with E-state index in [9.17, 15) is 0 Å². The van der Waals surface area contributed by atoms with E-state index in [1.54, 1.807) is 20.0 Å². The molecule has 0 saturated heterocycles. The summed E-state index contributed by atoms with van der Waals surface area (Å²) in [5.41, 5.74) is 0. The number of hydrogen-bond donors (Lipinski definition) is 2. The Labute approximate surface area is 74.2 Å². The Kier molecular flexibility index (Phi) is 12.5. The van der Waals surface area contributed by atoms with E-state index in [0.717, 1.165) is 0 Å². The average Bonchev–Trinajstić information content (AvgIpc) is 2.05. The fourth-order valence-corrected chi connectivity index (χ4v) is 0.544. The summed E-state index contributed by atoms with van der Waals surface area (Å²) in [6.45, 7) is 3.70. The van der Waals surface area contributed by atoms with Crippen molar-refractivity contribution in [3.8, 4) is 0 Å². The summed E-state index contributed by atoms with van der Waals surface area (Å²) in [6, 6.07) is 0. The molecule has 0 aliphatic heterocycles. The van der Waals surface area contributed by atoms with E-state index in [1.165, 1.54) is 0 Å². The van der Waals surface area contributed by atoms with E-state index in [0.29, 0.717) is 12.8 Å². The second-order valence-electron chi connectivity index (χ2n) is 1.95. The Morgan fingerprint density at radius 1 is 1.10 bits per heavy atom. The Hall–Kier alpha value is 0.504. The zero-order valence-corrected chi connectivity index (χ0v) is 8.23. The van der Waals surface area contributed by atoms with Crippen molar-refractivity contribution in [3.63, 3.8) is 0 Å². The molecule has 0 bridgehead atoms. The summed E-state index contributed by atoms with van der Waals surface area (Å²) in [4.78, 5) is 3.25. The Bertz CT molecular complexity index is 60.6. The second-order valence-corrected chi connectivity index (χ2v) is 1.95. The van der Waals surface area contributed by atoms with Gasteiger partial charge in [-0.05, 0) is 12.8 Å². The van der Waals surface area contributed by atoms with Crippen LogP contribution < -0.4 is 0 Å². The molecule has 0 unspecified atom stereocenters. The molecule has 0 rings (SSSR count). The van der Waals surface area contributed by atoms with Gasteiger partial charge in [0.1, 0.15) is 0 Å². The third-order valence-corrected chi connectivity index (χ3v) is 1.28. The monoisotopic (exact) mass is 180 g/mol. The standard InChI is InChI=1S/C6H14O2.CH2.Ti/c1-3-5(7)6(8)4-2;;/h5-8H,3-4H2,1-2H3;1H2;/t5-,6-;;/m0../s1. The van der Waals surface area contributed by atoms with Gasteiger partial charge in [-0.15, -0.1) is 0 Å². The predicted molar refractivity (Wildman–Crippen MR) is 39.7 cm³/mol. The molecule has 0 saturated carbocycles. The van der Waals surface area contributed by atoms with Crippen molar-refractivity contribution in [1.29, 1.82) is 0 Å². The van der Waals surface area contributed by atoms with Crippen LogP contribution in [0.1, 0.15) is 26.7 Å². The fourth-order valence-electron chi connectivity index (χ4n) is 0.544. The van der Waals surface area contributed by atoms with Crippen molar-refractivity contribution >= 4 is 4.82 Å². The molecule has 0 aromatic rings. The first-order chi connectivity index (χ1) is 4.72. The van der Waals surface area contributed by atoms with Crippen molar-refractivity contribution in [2.24, 2.45) is 0 Å². The summed E-state index contributed by atoms with van der Waals surface area (Å²) in [5.74, 6) is 0. The second kappa shape index (κ2) is 9.50. The Balaban J connectivity index is 0.